The van der Waals surface area contributed by atoms with Crippen LogP contribution in [-0.4, -0.2) is 9.55 Å². The van der Waals surface area contributed by atoms with Gasteiger partial charge < -0.3 is 9.55 Å². The summed E-state index contributed by atoms with van der Waals surface area (Å²) in [6.45, 7) is 0.0976. The predicted octanol–water partition coefficient (Wildman–Crippen LogP) is 5.33. The molecule has 21 heavy (non-hydrogen) atoms. The van der Waals surface area contributed by atoms with Crippen LogP contribution in [0.15, 0.2) is 30.3 Å². The van der Waals surface area contributed by atoms with Crippen LogP contribution in [-0.2, 0) is 6.54 Å². The Bertz CT molecular complexity index is 902. The highest BCUT2D eigenvalue weighted by atomic mass is 35.5. The Morgan fingerprint density at radius 1 is 1.10 bits per heavy atom. The summed E-state index contributed by atoms with van der Waals surface area (Å²) in [5.74, 6) is -0.994. The zero-order valence-corrected chi connectivity index (χ0v) is 12.8. The van der Waals surface area contributed by atoms with Gasteiger partial charge in [0.2, 0.25) is 0 Å². The van der Waals surface area contributed by atoms with Crippen LogP contribution in [0.5, 0.6) is 0 Å². The quantitative estimate of drug-likeness (QED) is 0.623. The summed E-state index contributed by atoms with van der Waals surface area (Å²) in [4.78, 5) is 2.97. The Balaban J connectivity index is 2.16. The van der Waals surface area contributed by atoms with Crippen LogP contribution in [0.1, 0.15) is 5.56 Å². The Kier molecular flexibility index (Phi) is 3.73. The number of benzene rings is 2. The minimum absolute atomic E-state index is 0.0976. The van der Waals surface area contributed by atoms with E-state index in [2.05, 4.69) is 4.98 Å². The lowest BCUT2D eigenvalue weighted by molar-refractivity contribution is 0.578. The van der Waals surface area contributed by atoms with Crippen molar-refractivity contribution < 1.29 is 8.78 Å². The normalized spacial score (nSPS) is 11.2. The first-order chi connectivity index (χ1) is 9.95. The third-order valence-corrected chi connectivity index (χ3v) is 4.20. The highest BCUT2D eigenvalue weighted by Gasteiger charge is 2.11. The molecule has 0 bridgehead atoms. The molecule has 1 heterocycles. The number of halogens is 4. The average Bonchev–Trinajstić information content (AvgIpc) is 2.71. The van der Waals surface area contributed by atoms with Crippen LogP contribution in [0.25, 0.3) is 11.0 Å². The fourth-order valence-electron chi connectivity index (χ4n) is 2.14. The number of nitrogens with zero attached hydrogens (tertiary/aromatic N) is 1. The van der Waals surface area contributed by atoms with Gasteiger partial charge in [-0.05, 0) is 42.5 Å². The molecule has 2 aromatic carbocycles. The van der Waals surface area contributed by atoms with Crippen molar-refractivity contribution in [3.63, 3.8) is 0 Å². The second-order valence-electron chi connectivity index (χ2n) is 4.54. The zero-order chi connectivity index (χ0) is 15.1. The first-order valence-electron chi connectivity index (χ1n) is 5.97. The summed E-state index contributed by atoms with van der Waals surface area (Å²) in [6, 6.07) is 6.60. The first-order valence-corrected chi connectivity index (χ1v) is 7.13. The van der Waals surface area contributed by atoms with E-state index in [9.17, 15) is 8.78 Å². The smallest absolute Gasteiger partial charge is 0.178 e. The first kappa shape index (κ1) is 14.5. The minimum Gasteiger partial charge on any atom is -0.331 e. The molecule has 108 valence electrons. The molecule has 0 atom stereocenters. The molecule has 0 radical (unpaired) electrons. The van der Waals surface area contributed by atoms with E-state index < -0.39 is 11.6 Å². The topological polar surface area (TPSA) is 20.7 Å². The van der Waals surface area contributed by atoms with Crippen LogP contribution in [0.3, 0.4) is 0 Å². The van der Waals surface area contributed by atoms with Crippen molar-refractivity contribution in [1.82, 2.24) is 9.55 Å². The molecule has 3 aromatic rings. The molecule has 0 aliphatic rings. The van der Waals surface area contributed by atoms with Gasteiger partial charge in [-0.25, -0.2) is 8.78 Å². The number of fused-ring (bicyclic) bond motifs is 1. The van der Waals surface area contributed by atoms with Crippen molar-refractivity contribution in [2.24, 2.45) is 0 Å². The number of nitrogens with one attached hydrogen (secondary N) is 1. The second kappa shape index (κ2) is 5.40. The molecule has 0 aliphatic heterocycles. The van der Waals surface area contributed by atoms with Crippen molar-refractivity contribution in [2.75, 3.05) is 0 Å². The maximum absolute atomic E-state index is 13.8. The lowest BCUT2D eigenvalue weighted by atomic mass is 10.2. The fraction of sp³-hybridized carbons (Fsp3) is 0.0714. The molecule has 0 spiro atoms. The van der Waals surface area contributed by atoms with Gasteiger partial charge >= 0.3 is 0 Å². The third-order valence-electron chi connectivity index (χ3n) is 3.15. The summed E-state index contributed by atoms with van der Waals surface area (Å²) in [5.41, 5.74) is 1.57. The van der Waals surface area contributed by atoms with Gasteiger partial charge in [0.05, 0.1) is 27.6 Å². The SMILES string of the molecule is Fc1ccc(F)c(Cn2c(=S)[nH]c3cc(Cl)c(Cl)cc32)c1. The predicted molar refractivity (Wildman–Crippen MR) is 82.6 cm³/mol. The van der Waals surface area contributed by atoms with Crippen molar-refractivity contribution in [3.05, 3.63) is 62.3 Å². The summed E-state index contributed by atoms with van der Waals surface area (Å²) < 4.78 is 29.0. The molecule has 0 saturated carbocycles. The summed E-state index contributed by atoms with van der Waals surface area (Å²) in [5, 5.41) is 0.760. The molecule has 0 unspecified atom stereocenters. The van der Waals surface area contributed by atoms with E-state index in [1.54, 1.807) is 16.7 Å². The van der Waals surface area contributed by atoms with Crippen molar-refractivity contribution in [3.8, 4) is 0 Å². The van der Waals surface area contributed by atoms with Gasteiger partial charge in [0.1, 0.15) is 11.6 Å². The van der Waals surface area contributed by atoms with Gasteiger partial charge in [-0.15, -0.1) is 0 Å². The van der Waals surface area contributed by atoms with Gasteiger partial charge in [0, 0.05) is 5.56 Å². The van der Waals surface area contributed by atoms with E-state index in [4.69, 9.17) is 35.4 Å². The molecular formula is C14H8Cl2F2N2S. The standard InChI is InChI=1S/C14H8Cl2F2N2S/c15-9-4-12-13(5-10(9)16)20(14(21)19-12)6-7-3-8(17)1-2-11(7)18/h1-5H,6H2,(H,19,21). The molecule has 0 fully saturated rings. The molecule has 1 aromatic heterocycles. The Morgan fingerprint density at radius 3 is 2.57 bits per heavy atom. The molecule has 3 rings (SSSR count). The lowest BCUT2D eigenvalue weighted by Crippen LogP contribution is -2.02. The number of imidazole rings is 1. The molecule has 7 heteroatoms. The molecular weight excluding hydrogens is 337 g/mol. The maximum atomic E-state index is 13.8. The van der Waals surface area contributed by atoms with E-state index in [1.807, 2.05) is 0 Å². The van der Waals surface area contributed by atoms with Crippen LogP contribution >= 0.6 is 35.4 Å². The van der Waals surface area contributed by atoms with E-state index in [1.165, 1.54) is 0 Å². The van der Waals surface area contributed by atoms with Gasteiger partial charge in [0.25, 0.3) is 0 Å². The van der Waals surface area contributed by atoms with Crippen LogP contribution in [0.2, 0.25) is 10.0 Å². The van der Waals surface area contributed by atoms with Crippen LogP contribution in [0, 0.1) is 16.4 Å². The molecule has 0 aliphatic carbocycles. The summed E-state index contributed by atoms with van der Waals surface area (Å²) in [6.07, 6.45) is 0. The highest BCUT2D eigenvalue weighted by Crippen LogP contribution is 2.28. The minimum atomic E-state index is -0.501. The lowest BCUT2D eigenvalue weighted by Gasteiger charge is -2.07. The van der Waals surface area contributed by atoms with E-state index in [0.29, 0.717) is 25.8 Å². The highest BCUT2D eigenvalue weighted by molar-refractivity contribution is 7.71. The van der Waals surface area contributed by atoms with Crippen molar-refractivity contribution >= 4 is 46.5 Å². The second-order valence-corrected chi connectivity index (χ2v) is 5.74. The Hall–Kier alpha value is -1.43. The molecule has 0 amide bonds. The number of H-pyrrole nitrogens is 1. The number of aromatic amines is 1. The number of aromatic nitrogens is 2. The van der Waals surface area contributed by atoms with Crippen molar-refractivity contribution in [2.45, 2.75) is 6.54 Å². The van der Waals surface area contributed by atoms with Gasteiger partial charge in [-0.3, -0.25) is 0 Å². The number of hydrogen-bond donors (Lipinski definition) is 1. The van der Waals surface area contributed by atoms with E-state index in [0.717, 1.165) is 18.2 Å². The summed E-state index contributed by atoms with van der Waals surface area (Å²) in [7, 11) is 0. The Labute approximate surface area is 133 Å². The Morgan fingerprint density at radius 2 is 1.81 bits per heavy atom. The van der Waals surface area contributed by atoms with E-state index >= 15 is 0 Å². The largest absolute Gasteiger partial charge is 0.331 e. The van der Waals surface area contributed by atoms with E-state index in [-0.39, 0.29) is 12.1 Å². The molecule has 2 nitrogen and oxygen atoms in total. The average molecular weight is 345 g/mol. The van der Waals surface area contributed by atoms with Gasteiger partial charge in [-0.1, -0.05) is 23.2 Å². The van der Waals surface area contributed by atoms with Gasteiger partial charge in [-0.2, -0.15) is 0 Å². The van der Waals surface area contributed by atoms with Crippen LogP contribution < -0.4 is 0 Å². The molecule has 0 saturated heterocycles. The fourth-order valence-corrected chi connectivity index (χ4v) is 2.74. The summed E-state index contributed by atoms with van der Waals surface area (Å²) >= 11 is 17.2. The zero-order valence-electron chi connectivity index (χ0n) is 10.5. The maximum Gasteiger partial charge on any atom is 0.178 e. The monoisotopic (exact) mass is 344 g/mol. The molecule has 1 N–H and O–H groups in total. The number of hydrogen-bond acceptors (Lipinski definition) is 1. The third kappa shape index (κ3) is 2.69. The van der Waals surface area contributed by atoms with Gasteiger partial charge in [0.15, 0.2) is 4.77 Å². The van der Waals surface area contributed by atoms with Crippen molar-refractivity contribution in [1.29, 1.82) is 0 Å². The number of rotatable bonds is 2. The van der Waals surface area contributed by atoms with Crippen LogP contribution in [0.4, 0.5) is 8.78 Å².